The third-order valence-electron chi connectivity index (χ3n) is 1.27. The minimum atomic E-state index is -0.962. The van der Waals surface area contributed by atoms with Gasteiger partial charge in [0.25, 0.3) is 0 Å². The van der Waals surface area contributed by atoms with E-state index in [9.17, 15) is 9.59 Å². The van der Waals surface area contributed by atoms with Crippen LogP contribution in [-0.2, 0) is 19.4 Å². The molecule has 0 rings (SSSR count). The van der Waals surface area contributed by atoms with Gasteiger partial charge >= 0.3 is 5.97 Å². The molecule has 0 spiro atoms. The predicted molar refractivity (Wildman–Crippen MR) is 46.8 cm³/mol. The van der Waals surface area contributed by atoms with Crippen LogP contribution < -0.4 is 0 Å². The molecule has 0 bridgehead atoms. The average Bonchev–Trinajstić information content (AvgIpc) is 2.12. The van der Waals surface area contributed by atoms with E-state index < -0.39 is 11.8 Å². The molecule has 0 aromatic carbocycles. The minimum Gasteiger partial charge on any atom is -0.289 e. The third-order valence-corrected chi connectivity index (χ3v) is 1.27. The molecule has 0 aliphatic heterocycles. The highest BCUT2D eigenvalue weighted by Gasteiger charge is 2.14. The van der Waals surface area contributed by atoms with Crippen LogP contribution >= 0.6 is 0 Å². The summed E-state index contributed by atoms with van der Waals surface area (Å²) in [7, 11) is 0. The van der Waals surface area contributed by atoms with E-state index >= 15 is 0 Å². The van der Waals surface area contributed by atoms with Gasteiger partial charge in [0.05, 0.1) is 6.61 Å². The van der Waals surface area contributed by atoms with Crippen molar-refractivity contribution in [3.63, 3.8) is 0 Å². The Morgan fingerprint density at radius 1 is 1.46 bits per heavy atom. The molecule has 0 fully saturated rings. The summed E-state index contributed by atoms with van der Waals surface area (Å²) in [4.78, 5) is 30.3. The fourth-order valence-corrected chi connectivity index (χ4v) is 0.559. The molecule has 0 saturated heterocycles. The molecule has 4 heteroatoms. The lowest BCUT2D eigenvalue weighted by molar-refractivity contribution is -0.269. The SMILES string of the molecule is C=CCC(=O)C(=O)OOCCCC. The number of hydrogen-bond donors (Lipinski definition) is 0. The first-order valence-electron chi connectivity index (χ1n) is 4.19. The maximum atomic E-state index is 10.8. The molecule has 0 amide bonds. The second-order valence-corrected chi connectivity index (χ2v) is 2.46. The molecule has 0 aliphatic carbocycles. The van der Waals surface area contributed by atoms with Crippen molar-refractivity contribution in [1.82, 2.24) is 0 Å². The summed E-state index contributed by atoms with van der Waals surface area (Å²) in [5.41, 5.74) is 0. The Bertz CT molecular complexity index is 186. The van der Waals surface area contributed by atoms with E-state index in [4.69, 9.17) is 0 Å². The van der Waals surface area contributed by atoms with Gasteiger partial charge in [-0.15, -0.1) is 6.58 Å². The predicted octanol–water partition coefficient (Wildman–Crippen LogP) is 1.41. The van der Waals surface area contributed by atoms with E-state index in [1.807, 2.05) is 6.92 Å². The smallest absolute Gasteiger partial charge is 0.289 e. The number of allylic oxidation sites excluding steroid dienone is 1. The van der Waals surface area contributed by atoms with E-state index in [1.54, 1.807) is 0 Å². The summed E-state index contributed by atoms with van der Waals surface area (Å²) >= 11 is 0. The van der Waals surface area contributed by atoms with E-state index in [-0.39, 0.29) is 6.42 Å². The average molecular weight is 186 g/mol. The van der Waals surface area contributed by atoms with Gasteiger partial charge in [-0.3, -0.25) is 9.68 Å². The number of hydrogen-bond acceptors (Lipinski definition) is 4. The Morgan fingerprint density at radius 2 is 2.15 bits per heavy atom. The van der Waals surface area contributed by atoms with E-state index in [0.29, 0.717) is 6.61 Å². The molecule has 0 aliphatic rings. The van der Waals surface area contributed by atoms with Gasteiger partial charge in [0.15, 0.2) is 0 Å². The summed E-state index contributed by atoms with van der Waals surface area (Å²) in [5, 5.41) is 0. The lowest BCUT2D eigenvalue weighted by atomic mass is 10.3. The third kappa shape index (κ3) is 6.04. The van der Waals surface area contributed by atoms with Gasteiger partial charge in [0, 0.05) is 6.42 Å². The fourth-order valence-electron chi connectivity index (χ4n) is 0.559. The van der Waals surface area contributed by atoms with Crippen molar-refractivity contribution < 1.29 is 19.4 Å². The zero-order chi connectivity index (χ0) is 10.1. The number of carbonyl (C=O) groups is 2. The molecule has 0 atom stereocenters. The van der Waals surface area contributed by atoms with Crippen LogP contribution in [0.1, 0.15) is 26.2 Å². The van der Waals surface area contributed by atoms with Gasteiger partial charge in [-0.05, 0) is 6.42 Å². The largest absolute Gasteiger partial charge is 0.408 e. The number of rotatable bonds is 7. The Labute approximate surface area is 77.4 Å². The summed E-state index contributed by atoms with van der Waals surface area (Å²) < 4.78 is 0. The van der Waals surface area contributed by atoms with Crippen molar-refractivity contribution in [2.45, 2.75) is 26.2 Å². The summed E-state index contributed by atoms with van der Waals surface area (Å²) in [6, 6.07) is 0. The lowest BCUT2D eigenvalue weighted by Crippen LogP contribution is -2.17. The van der Waals surface area contributed by atoms with Crippen LogP contribution in [0.4, 0.5) is 0 Å². The zero-order valence-corrected chi connectivity index (χ0v) is 7.75. The molecule has 0 unspecified atom stereocenters. The van der Waals surface area contributed by atoms with Gasteiger partial charge < -0.3 is 0 Å². The first kappa shape index (κ1) is 11.8. The summed E-state index contributed by atoms with van der Waals surface area (Å²) in [6.45, 7) is 5.63. The number of Topliss-reactive ketones (excluding diaryl/α,β-unsaturated/α-hetero) is 1. The molecule has 74 valence electrons. The Morgan fingerprint density at radius 3 is 2.69 bits per heavy atom. The van der Waals surface area contributed by atoms with Crippen LogP contribution in [0.2, 0.25) is 0 Å². The van der Waals surface area contributed by atoms with E-state index in [1.165, 1.54) is 6.08 Å². The number of ketones is 1. The van der Waals surface area contributed by atoms with Gasteiger partial charge in [0.1, 0.15) is 0 Å². The minimum absolute atomic E-state index is 0.0179. The van der Waals surface area contributed by atoms with Crippen LogP contribution in [0.15, 0.2) is 12.7 Å². The van der Waals surface area contributed by atoms with Crippen LogP contribution in [0, 0.1) is 0 Å². The zero-order valence-electron chi connectivity index (χ0n) is 7.75. The van der Waals surface area contributed by atoms with Crippen LogP contribution in [0.5, 0.6) is 0 Å². The first-order chi connectivity index (χ1) is 6.22. The molecule has 4 nitrogen and oxygen atoms in total. The fraction of sp³-hybridized carbons (Fsp3) is 0.556. The van der Waals surface area contributed by atoms with Gasteiger partial charge in [0.2, 0.25) is 5.78 Å². The standard InChI is InChI=1S/C9H14O4/c1-3-5-7-12-13-9(11)8(10)6-4-2/h4H,2-3,5-7H2,1H3. The quantitative estimate of drug-likeness (QED) is 0.198. The highest BCUT2D eigenvalue weighted by atomic mass is 17.2. The van der Waals surface area contributed by atoms with E-state index in [2.05, 4.69) is 16.4 Å². The Hall–Kier alpha value is -1.16. The van der Waals surface area contributed by atoms with Crippen LogP contribution in [-0.4, -0.2) is 18.4 Å². The molecule has 0 aromatic rings. The second kappa shape index (κ2) is 7.49. The lowest BCUT2D eigenvalue weighted by Gasteiger charge is -2.00. The second-order valence-electron chi connectivity index (χ2n) is 2.46. The van der Waals surface area contributed by atoms with Crippen molar-refractivity contribution in [2.75, 3.05) is 6.61 Å². The molecule has 13 heavy (non-hydrogen) atoms. The number of carbonyl (C=O) groups excluding carboxylic acids is 2. The number of unbranched alkanes of at least 4 members (excludes halogenated alkanes) is 1. The van der Waals surface area contributed by atoms with Gasteiger partial charge in [-0.25, -0.2) is 4.79 Å². The first-order valence-corrected chi connectivity index (χ1v) is 4.19. The van der Waals surface area contributed by atoms with Crippen LogP contribution in [0.3, 0.4) is 0 Å². The molecule has 0 N–H and O–H groups in total. The van der Waals surface area contributed by atoms with Gasteiger partial charge in [-0.2, -0.15) is 4.89 Å². The van der Waals surface area contributed by atoms with Crippen LogP contribution in [0.25, 0.3) is 0 Å². The maximum absolute atomic E-state index is 10.8. The normalized spacial score (nSPS) is 9.31. The maximum Gasteiger partial charge on any atom is 0.408 e. The van der Waals surface area contributed by atoms with Crippen molar-refractivity contribution in [3.8, 4) is 0 Å². The van der Waals surface area contributed by atoms with Crippen molar-refractivity contribution in [3.05, 3.63) is 12.7 Å². The summed E-state index contributed by atoms with van der Waals surface area (Å²) in [6.07, 6.45) is 3.06. The van der Waals surface area contributed by atoms with E-state index in [0.717, 1.165) is 12.8 Å². The highest BCUT2D eigenvalue weighted by molar-refractivity contribution is 6.33. The molecule has 0 saturated carbocycles. The van der Waals surface area contributed by atoms with Crippen molar-refractivity contribution in [2.24, 2.45) is 0 Å². The molecule has 0 aromatic heterocycles. The molecular formula is C9H14O4. The summed E-state index contributed by atoms with van der Waals surface area (Å²) in [5.74, 6) is -1.61. The van der Waals surface area contributed by atoms with Gasteiger partial charge in [-0.1, -0.05) is 19.4 Å². The Kier molecular flexibility index (Phi) is 6.82. The topological polar surface area (TPSA) is 52.6 Å². The highest BCUT2D eigenvalue weighted by Crippen LogP contribution is 1.92. The monoisotopic (exact) mass is 186 g/mol. The Balaban J connectivity index is 3.50. The molecular weight excluding hydrogens is 172 g/mol. The molecule has 0 heterocycles. The van der Waals surface area contributed by atoms with Crippen molar-refractivity contribution >= 4 is 11.8 Å². The van der Waals surface area contributed by atoms with Crippen molar-refractivity contribution in [1.29, 1.82) is 0 Å². The molecule has 0 radical (unpaired) electrons.